The predicted octanol–water partition coefficient (Wildman–Crippen LogP) is 2.92. The predicted molar refractivity (Wildman–Crippen MR) is 80.8 cm³/mol. The van der Waals surface area contributed by atoms with Gasteiger partial charge in [-0.25, -0.2) is 0 Å². The molecule has 4 rings (SSSR count). The topological polar surface area (TPSA) is 14.2 Å². The molecule has 2 aromatic carbocycles. The minimum Gasteiger partial charge on any atom is -0.400 e. The number of hydrogen-bond acceptors (Lipinski definition) is 1. The van der Waals surface area contributed by atoms with Crippen LogP contribution in [0.3, 0.4) is 0 Å². The van der Waals surface area contributed by atoms with Gasteiger partial charge < -0.3 is 9.13 Å². The molecule has 0 saturated carbocycles. The molecular formula is C17H14BNO. The van der Waals surface area contributed by atoms with Crippen molar-refractivity contribution in [3.05, 3.63) is 95.8 Å². The van der Waals surface area contributed by atoms with Gasteiger partial charge in [0.05, 0.1) is 0 Å². The monoisotopic (exact) mass is 259 g/mol. The summed E-state index contributed by atoms with van der Waals surface area (Å²) in [5.41, 5.74) is 3.04. The van der Waals surface area contributed by atoms with E-state index >= 15 is 0 Å². The molecule has 1 aromatic heterocycles. The van der Waals surface area contributed by atoms with Crippen LogP contribution in [-0.4, -0.2) is 12.1 Å². The molecule has 0 unspecified atom stereocenters. The van der Waals surface area contributed by atoms with Crippen LogP contribution in [0.2, 0.25) is 0 Å². The van der Waals surface area contributed by atoms with E-state index in [-0.39, 0.29) is 0 Å². The fraction of sp³-hybridized carbons (Fsp3) is 0.0588. The van der Waals surface area contributed by atoms with Crippen LogP contribution in [0.4, 0.5) is 0 Å². The third kappa shape index (κ3) is 1.50. The molecule has 20 heavy (non-hydrogen) atoms. The highest BCUT2D eigenvalue weighted by atomic mass is 16.5. The molecule has 0 radical (unpaired) electrons. The first-order valence-corrected chi connectivity index (χ1v) is 6.82. The number of fused-ring (bicyclic) bond motifs is 1. The van der Waals surface area contributed by atoms with E-state index < -0.39 is 5.60 Å². The van der Waals surface area contributed by atoms with Gasteiger partial charge in [-0.3, -0.25) is 0 Å². The first-order valence-electron chi connectivity index (χ1n) is 6.82. The third-order valence-electron chi connectivity index (χ3n) is 3.97. The zero-order valence-corrected chi connectivity index (χ0v) is 11.1. The van der Waals surface area contributed by atoms with Gasteiger partial charge in [0.15, 0.2) is 0 Å². The summed E-state index contributed by atoms with van der Waals surface area (Å²) in [5, 5.41) is 0. The standard InChI is InChI=1S/C17H14BNO/c1-3-8-14(9-4-1)17(15-10-5-2-6-11-15)16-12-7-13-19(16)18-20-17/h1-13,18H. The zero-order valence-electron chi connectivity index (χ0n) is 11.1. The molecule has 0 atom stereocenters. The normalized spacial score (nSPS) is 15.6. The van der Waals surface area contributed by atoms with E-state index in [9.17, 15) is 0 Å². The van der Waals surface area contributed by atoms with Crippen LogP contribution in [-0.2, 0) is 10.3 Å². The molecule has 2 nitrogen and oxygen atoms in total. The Bertz CT molecular complexity index is 682. The lowest BCUT2D eigenvalue weighted by molar-refractivity contribution is 0.181. The summed E-state index contributed by atoms with van der Waals surface area (Å²) < 4.78 is 8.45. The molecule has 3 heteroatoms. The molecule has 0 spiro atoms. The Hall–Kier alpha value is -2.26. The van der Waals surface area contributed by atoms with Crippen molar-refractivity contribution >= 4 is 7.62 Å². The van der Waals surface area contributed by atoms with Crippen molar-refractivity contribution in [2.75, 3.05) is 0 Å². The molecule has 0 N–H and O–H groups in total. The van der Waals surface area contributed by atoms with Crippen molar-refractivity contribution in [2.45, 2.75) is 5.60 Å². The number of hydrogen-bond donors (Lipinski definition) is 0. The highest BCUT2D eigenvalue weighted by molar-refractivity contribution is 6.27. The van der Waals surface area contributed by atoms with Gasteiger partial charge in [-0.2, -0.15) is 0 Å². The van der Waals surface area contributed by atoms with Gasteiger partial charge in [-0.05, 0) is 29.5 Å². The maximum atomic E-state index is 6.29. The summed E-state index contributed by atoms with van der Waals surface area (Å²) in [6.45, 7) is 0. The fourth-order valence-electron chi connectivity index (χ4n) is 3.06. The van der Waals surface area contributed by atoms with E-state index in [1.807, 2.05) is 12.1 Å². The Labute approximate surface area is 118 Å². The van der Waals surface area contributed by atoms with Gasteiger partial charge >= 0.3 is 7.62 Å². The summed E-state index contributed by atoms with van der Waals surface area (Å²) in [6, 6.07) is 25.1. The Morgan fingerprint density at radius 3 is 1.95 bits per heavy atom. The maximum absolute atomic E-state index is 6.29. The quantitative estimate of drug-likeness (QED) is 0.645. The summed E-state index contributed by atoms with van der Waals surface area (Å²) in [6.07, 6.45) is 2.07. The second-order valence-corrected chi connectivity index (χ2v) is 5.05. The largest absolute Gasteiger partial charge is 0.402 e. The molecule has 0 aliphatic carbocycles. The van der Waals surface area contributed by atoms with E-state index in [1.54, 1.807) is 0 Å². The van der Waals surface area contributed by atoms with Crippen molar-refractivity contribution in [3.63, 3.8) is 0 Å². The molecule has 0 fully saturated rings. The average molecular weight is 259 g/mol. The van der Waals surface area contributed by atoms with Gasteiger partial charge in [0.25, 0.3) is 0 Å². The third-order valence-corrected chi connectivity index (χ3v) is 3.97. The van der Waals surface area contributed by atoms with E-state index in [4.69, 9.17) is 4.65 Å². The second kappa shape index (κ2) is 4.39. The highest BCUT2D eigenvalue weighted by Gasteiger charge is 2.43. The number of benzene rings is 2. The smallest absolute Gasteiger partial charge is 0.400 e. The summed E-state index contributed by atoms with van der Waals surface area (Å²) in [7, 11) is 0.589. The van der Waals surface area contributed by atoms with Crippen LogP contribution >= 0.6 is 0 Å². The van der Waals surface area contributed by atoms with E-state index in [1.165, 1.54) is 16.8 Å². The average Bonchev–Trinajstić information content (AvgIpc) is 3.11. The van der Waals surface area contributed by atoms with Gasteiger partial charge in [-0.15, -0.1) is 0 Å². The highest BCUT2D eigenvalue weighted by Crippen LogP contribution is 2.42. The number of aromatic nitrogens is 1. The minimum absolute atomic E-state index is 0.494. The van der Waals surface area contributed by atoms with Gasteiger partial charge in [-0.1, -0.05) is 60.7 Å². The van der Waals surface area contributed by atoms with Gasteiger partial charge in [0.2, 0.25) is 0 Å². The maximum Gasteiger partial charge on any atom is 0.402 e. The van der Waals surface area contributed by atoms with Crippen LogP contribution < -0.4 is 0 Å². The van der Waals surface area contributed by atoms with Crippen LogP contribution in [0.5, 0.6) is 0 Å². The van der Waals surface area contributed by atoms with E-state index in [2.05, 4.69) is 71.3 Å². The second-order valence-electron chi connectivity index (χ2n) is 5.05. The summed E-state index contributed by atoms with van der Waals surface area (Å²) >= 11 is 0. The Morgan fingerprint density at radius 2 is 1.35 bits per heavy atom. The molecule has 96 valence electrons. The lowest BCUT2D eigenvalue weighted by atomic mass is 9.83. The van der Waals surface area contributed by atoms with Gasteiger partial charge in [0, 0.05) is 5.69 Å². The summed E-state index contributed by atoms with van der Waals surface area (Å²) in [5.74, 6) is 0. The van der Waals surface area contributed by atoms with E-state index in [0.717, 1.165) is 0 Å². The first kappa shape index (κ1) is 11.6. The van der Waals surface area contributed by atoms with Gasteiger partial charge in [0.1, 0.15) is 5.60 Å². The fourth-order valence-corrected chi connectivity index (χ4v) is 3.06. The van der Waals surface area contributed by atoms with Crippen molar-refractivity contribution < 1.29 is 4.65 Å². The molecule has 0 saturated heterocycles. The summed E-state index contributed by atoms with van der Waals surface area (Å²) in [4.78, 5) is 0. The Morgan fingerprint density at radius 1 is 0.750 bits per heavy atom. The number of nitrogens with zero attached hydrogens (tertiary/aromatic N) is 1. The molecule has 2 heterocycles. The lowest BCUT2D eigenvalue weighted by Crippen LogP contribution is -2.28. The Kier molecular flexibility index (Phi) is 2.54. The van der Waals surface area contributed by atoms with Crippen molar-refractivity contribution in [1.29, 1.82) is 0 Å². The molecule has 1 aliphatic rings. The van der Waals surface area contributed by atoms with Crippen LogP contribution in [0, 0.1) is 0 Å². The van der Waals surface area contributed by atoms with E-state index in [0.29, 0.717) is 7.62 Å². The minimum atomic E-state index is -0.494. The molecular weight excluding hydrogens is 245 g/mol. The Balaban J connectivity index is 2.01. The molecule has 1 aliphatic heterocycles. The number of rotatable bonds is 2. The van der Waals surface area contributed by atoms with Crippen LogP contribution in [0.25, 0.3) is 0 Å². The lowest BCUT2D eigenvalue weighted by Gasteiger charge is -2.30. The molecule has 0 amide bonds. The molecule has 0 bridgehead atoms. The SMILES string of the molecule is B1OC(c2ccccc2)(c2ccccc2)c2cccn21. The van der Waals surface area contributed by atoms with Crippen molar-refractivity contribution in [3.8, 4) is 0 Å². The zero-order chi connectivity index (χ0) is 13.4. The van der Waals surface area contributed by atoms with Crippen molar-refractivity contribution in [2.24, 2.45) is 0 Å². The first-order chi connectivity index (χ1) is 9.91. The van der Waals surface area contributed by atoms with Crippen LogP contribution in [0.15, 0.2) is 79.0 Å². The van der Waals surface area contributed by atoms with Crippen molar-refractivity contribution in [1.82, 2.24) is 4.48 Å². The molecule has 3 aromatic rings. The van der Waals surface area contributed by atoms with Crippen LogP contribution in [0.1, 0.15) is 16.8 Å².